The highest BCUT2D eigenvalue weighted by Gasteiger charge is 2.39. The molecule has 0 heterocycles. The molecule has 2 rings (SSSR count). The molecule has 4 atom stereocenters. The molecule has 4 unspecified atom stereocenters. The first-order chi connectivity index (χ1) is 7.79. The van der Waals surface area contributed by atoms with Gasteiger partial charge in [-0.25, -0.2) is 0 Å². The van der Waals surface area contributed by atoms with Gasteiger partial charge in [0.1, 0.15) is 0 Å². The minimum atomic E-state index is 0.834. The van der Waals surface area contributed by atoms with Crippen LogP contribution in [0, 0.1) is 23.7 Å². The maximum absolute atomic E-state index is 5.03. The zero-order chi connectivity index (χ0) is 11.4. The first kappa shape index (κ1) is 12.4. The highest BCUT2D eigenvalue weighted by molar-refractivity contribution is 4.90. The smallest absolute Gasteiger partial charge is 0.0587 e. The summed E-state index contributed by atoms with van der Waals surface area (Å²) in [6.45, 7) is 5.39. The van der Waals surface area contributed by atoms with Gasteiger partial charge in [-0.2, -0.15) is 0 Å². The van der Waals surface area contributed by atoms with Crippen LogP contribution >= 0.6 is 0 Å². The number of hydrogen-bond donors (Lipinski definition) is 1. The van der Waals surface area contributed by atoms with Gasteiger partial charge < -0.3 is 10.1 Å². The second kappa shape index (κ2) is 6.02. The third-order valence-corrected chi connectivity index (χ3v) is 4.57. The Morgan fingerprint density at radius 3 is 2.81 bits per heavy atom. The van der Waals surface area contributed by atoms with Gasteiger partial charge in [-0.1, -0.05) is 13.3 Å². The summed E-state index contributed by atoms with van der Waals surface area (Å²) in [5, 5.41) is 3.48. The molecular weight excluding hydrogens is 198 g/mol. The van der Waals surface area contributed by atoms with Crippen molar-refractivity contribution in [3.8, 4) is 0 Å². The van der Waals surface area contributed by atoms with E-state index in [1.807, 2.05) is 0 Å². The van der Waals surface area contributed by atoms with E-state index in [-0.39, 0.29) is 0 Å². The van der Waals surface area contributed by atoms with Crippen molar-refractivity contribution in [2.75, 3.05) is 26.8 Å². The molecule has 2 bridgehead atoms. The standard InChI is InChI=1S/C14H27NO/c1-11(10-15-5-6-16-2)7-14-9-12-3-4-13(14)8-12/h11-15H,3-10H2,1-2H3. The topological polar surface area (TPSA) is 21.3 Å². The molecule has 2 aliphatic rings. The van der Waals surface area contributed by atoms with Crippen LogP contribution in [0.15, 0.2) is 0 Å². The molecule has 0 aromatic carbocycles. The minimum Gasteiger partial charge on any atom is -0.383 e. The van der Waals surface area contributed by atoms with Crippen LogP contribution in [0.2, 0.25) is 0 Å². The Balaban J connectivity index is 1.58. The first-order valence-corrected chi connectivity index (χ1v) is 6.99. The number of rotatable bonds is 7. The Hall–Kier alpha value is -0.0800. The molecule has 2 heteroatoms. The van der Waals surface area contributed by atoms with Crippen molar-refractivity contribution >= 4 is 0 Å². The van der Waals surface area contributed by atoms with Gasteiger partial charge in [0.15, 0.2) is 0 Å². The molecule has 2 saturated carbocycles. The lowest BCUT2D eigenvalue weighted by atomic mass is 9.82. The second-order valence-electron chi connectivity index (χ2n) is 5.97. The van der Waals surface area contributed by atoms with Crippen molar-refractivity contribution in [2.24, 2.45) is 23.7 Å². The van der Waals surface area contributed by atoms with E-state index in [1.54, 1.807) is 13.5 Å². The second-order valence-corrected chi connectivity index (χ2v) is 5.97. The molecule has 0 aromatic rings. The molecule has 0 aromatic heterocycles. The van der Waals surface area contributed by atoms with Crippen molar-refractivity contribution in [2.45, 2.75) is 39.0 Å². The summed E-state index contributed by atoms with van der Waals surface area (Å²) in [5.41, 5.74) is 0. The van der Waals surface area contributed by atoms with E-state index < -0.39 is 0 Å². The highest BCUT2D eigenvalue weighted by Crippen LogP contribution is 2.50. The zero-order valence-electron chi connectivity index (χ0n) is 10.9. The molecule has 16 heavy (non-hydrogen) atoms. The Bertz CT molecular complexity index is 207. The first-order valence-electron chi connectivity index (χ1n) is 6.99. The van der Waals surface area contributed by atoms with Crippen LogP contribution in [0.25, 0.3) is 0 Å². The zero-order valence-corrected chi connectivity index (χ0v) is 10.9. The van der Waals surface area contributed by atoms with Gasteiger partial charge in [0, 0.05) is 13.7 Å². The number of hydrogen-bond acceptors (Lipinski definition) is 2. The largest absolute Gasteiger partial charge is 0.383 e. The lowest BCUT2D eigenvalue weighted by Crippen LogP contribution is -2.26. The summed E-state index contributed by atoms with van der Waals surface area (Å²) >= 11 is 0. The van der Waals surface area contributed by atoms with Crippen LogP contribution in [0.5, 0.6) is 0 Å². The third kappa shape index (κ3) is 3.21. The van der Waals surface area contributed by atoms with E-state index in [9.17, 15) is 0 Å². The fourth-order valence-electron chi connectivity index (χ4n) is 3.79. The van der Waals surface area contributed by atoms with Crippen molar-refractivity contribution in [3.63, 3.8) is 0 Å². The van der Waals surface area contributed by atoms with Crippen molar-refractivity contribution in [1.29, 1.82) is 0 Å². The summed E-state index contributed by atoms with van der Waals surface area (Å²) in [6.07, 6.45) is 7.59. The Kier molecular flexibility index (Phi) is 4.66. The highest BCUT2D eigenvalue weighted by atomic mass is 16.5. The van der Waals surface area contributed by atoms with E-state index in [2.05, 4.69) is 12.2 Å². The van der Waals surface area contributed by atoms with Crippen molar-refractivity contribution in [3.05, 3.63) is 0 Å². The predicted molar refractivity (Wildman–Crippen MR) is 67.5 cm³/mol. The Labute approximate surface area is 100 Å². The maximum atomic E-state index is 5.03. The quantitative estimate of drug-likeness (QED) is 0.673. The summed E-state index contributed by atoms with van der Waals surface area (Å²) in [6, 6.07) is 0. The minimum absolute atomic E-state index is 0.834. The molecule has 2 nitrogen and oxygen atoms in total. The fraction of sp³-hybridized carbons (Fsp3) is 1.00. The van der Waals surface area contributed by atoms with Crippen LogP contribution in [0.3, 0.4) is 0 Å². The van der Waals surface area contributed by atoms with Crippen LogP contribution in [-0.2, 0) is 4.74 Å². The van der Waals surface area contributed by atoms with Crippen LogP contribution in [-0.4, -0.2) is 26.8 Å². The SMILES string of the molecule is COCCNCC(C)CC1CC2CCC1C2. The molecule has 0 aliphatic heterocycles. The molecule has 0 saturated heterocycles. The van der Waals surface area contributed by atoms with Crippen LogP contribution in [0.4, 0.5) is 0 Å². The average molecular weight is 225 g/mol. The number of methoxy groups -OCH3 is 1. The number of fused-ring (bicyclic) bond motifs is 2. The van der Waals surface area contributed by atoms with Crippen LogP contribution in [0.1, 0.15) is 39.0 Å². The monoisotopic (exact) mass is 225 g/mol. The van der Waals surface area contributed by atoms with Crippen LogP contribution < -0.4 is 5.32 Å². The normalized spacial score (nSPS) is 34.5. The lowest BCUT2D eigenvalue weighted by molar-refractivity contribution is 0.196. The average Bonchev–Trinajstić information content (AvgIpc) is 2.86. The van der Waals surface area contributed by atoms with E-state index in [4.69, 9.17) is 4.74 Å². The molecule has 0 spiro atoms. The molecule has 2 aliphatic carbocycles. The van der Waals surface area contributed by atoms with Gasteiger partial charge in [0.25, 0.3) is 0 Å². The molecule has 0 radical (unpaired) electrons. The lowest BCUT2D eigenvalue weighted by Gasteiger charge is -2.24. The summed E-state index contributed by atoms with van der Waals surface area (Å²) < 4.78 is 5.03. The van der Waals surface area contributed by atoms with Gasteiger partial charge in [-0.3, -0.25) is 0 Å². The fourth-order valence-corrected chi connectivity index (χ4v) is 3.79. The molecule has 1 N–H and O–H groups in total. The Morgan fingerprint density at radius 2 is 2.19 bits per heavy atom. The summed E-state index contributed by atoms with van der Waals surface area (Å²) in [7, 11) is 1.76. The van der Waals surface area contributed by atoms with Gasteiger partial charge in [-0.15, -0.1) is 0 Å². The molecule has 0 amide bonds. The third-order valence-electron chi connectivity index (χ3n) is 4.57. The van der Waals surface area contributed by atoms with Gasteiger partial charge in [0.05, 0.1) is 6.61 Å². The van der Waals surface area contributed by atoms with E-state index >= 15 is 0 Å². The van der Waals surface area contributed by atoms with Crippen molar-refractivity contribution < 1.29 is 4.74 Å². The van der Waals surface area contributed by atoms with Gasteiger partial charge in [-0.05, 0) is 55.9 Å². The number of nitrogens with one attached hydrogen (secondary N) is 1. The van der Waals surface area contributed by atoms with E-state index in [0.717, 1.165) is 43.4 Å². The maximum Gasteiger partial charge on any atom is 0.0587 e. The Morgan fingerprint density at radius 1 is 1.31 bits per heavy atom. The van der Waals surface area contributed by atoms with E-state index in [0.29, 0.717) is 0 Å². The van der Waals surface area contributed by atoms with E-state index in [1.165, 1.54) is 25.7 Å². The van der Waals surface area contributed by atoms with Gasteiger partial charge in [0.2, 0.25) is 0 Å². The summed E-state index contributed by atoms with van der Waals surface area (Å²) in [5.74, 6) is 4.08. The van der Waals surface area contributed by atoms with Gasteiger partial charge >= 0.3 is 0 Å². The summed E-state index contributed by atoms with van der Waals surface area (Å²) in [4.78, 5) is 0. The molecule has 94 valence electrons. The number of ether oxygens (including phenoxy) is 1. The molecular formula is C14H27NO. The molecule has 2 fully saturated rings. The van der Waals surface area contributed by atoms with Crippen molar-refractivity contribution in [1.82, 2.24) is 5.32 Å². The predicted octanol–water partition coefficient (Wildman–Crippen LogP) is 2.68.